The summed E-state index contributed by atoms with van der Waals surface area (Å²) in [5.74, 6) is 6.05. The predicted octanol–water partition coefficient (Wildman–Crippen LogP) is 3.47. The number of nitrogens with two attached hydrogens (primary N) is 1. The number of esters is 1. The molecule has 0 aliphatic rings. The first-order valence-electron chi connectivity index (χ1n) is 7.71. The van der Waals surface area contributed by atoms with Gasteiger partial charge in [0.15, 0.2) is 0 Å². The molecule has 0 spiro atoms. The second-order valence-electron chi connectivity index (χ2n) is 5.34. The number of hydrogen-bond donors (Lipinski definition) is 1. The minimum atomic E-state index is -0.184. The molecule has 0 fully saturated rings. The van der Waals surface area contributed by atoms with Gasteiger partial charge in [0.1, 0.15) is 0 Å². The van der Waals surface area contributed by atoms with E-state index in [4.69, 9.17) is 10.5 Å². The second kappa shape index (κ2) is 8.05. The lowest BCUT2D eigenvalue weighted by atomic mass is 10.0. The smallest absolute Gasteiger partial charge is 0.306 e. The molecule has 0 saturated carbocycles. The van der Waals surface area contributed by atoms with Gasteiger partial charge in [-0.1, -0.05) is 35.6 Å². The van der Waals surface area contributed by atoms with E-state index in [1.54, 1.807) is 6.92 Å². The quantitative estimate of drug-likeness (QED) is 0.534. The summed E-state index contributed by atoms with van der Waals surface area (Å²) < 4.78 is 4.94. The summed E-state index contributed by atoms with van der Waals surface area (Å²) in [6, 6.07) is 13.7. The standard InChI is InChI=1S/C20H21NO2/c1-3-23-20(22)13-10-17-9-12-19(21)18(14-17)11-8-16-6-4-15(2)5-7-16/h4-7,9,12,14H,3,10,13,21H2,1-2H3. The van der Waals surface area contributed by atoms with E-state index in [2.05, 4.69) is 11.8 Å². The van der Waals surface area contributed by atoms with Gasteiger partial charge in [0.05, 0.1) is 6.61 Å². The van der Waals surface area contributed by atoms with Crippen LogP contribution in [0.25, 0.3) is 0 Å². The zero-order valence-electron chi connectivity index (χ0n) is 13.6. The van der Waals surface area contributed by atoms with Gasteiger partial charge in [-0.05, 0) is 50.1 Å². The van der Waals surface area contributed by atoms with Crippen LogP contribution >= 0.6 is 0 Å². The third-order valence-corrected chi connectivity index (χ3v) is 3.43. The van der Waals surface area contributed by atoms with Gasteiger partial charge in [0, 0.05) is 23.2 Å². The van der Waals surface area contributed by atoms with Crippen molar-refractivity contribution >= 4 is 11.7 Å². The summed E-state index contributed by atoms with van der Waals surface area (Å²) in [7, 11) is 0. The molecule has 0 aliphatic carbocycles. The van der Waals surface area contributed by atoms with Gasteiger partial charge in [-0.3, -0.25) is 4.79 Å². The summed E-state index contributed by atoms with van der Waals surface area (Å²) in [5, 5.41) is 0. The highest BCUT2D eigenvalue weighted by molar-refractivity contribution is 5.70. The number of nitrogen functional groups attached to an aromatic ring is 1. The van der Waals surface area contributed by atoms with E-state index in [9.17, 15) is 4.79 Å². The number of carbonyl (C=O) groups excluding carboxylic acids is 1. The number of carbonyl (C=O) groups is 1. The first-order chi connectivity index (χ1) is 11.1. The molecular formula is C20H21NO2. The molecule has 0 bridgehead atoms. The zero-order chi connectivity index (χ0) is 16.7. The predicted molar refractivity (Wildman–Crippen MR) is 93.0 cm³/mol. The summed E-state index contributed by atoms with van der Waals surface area (Å²) in [5.41, 5.74) is 10.6. The minimum absolute atomic E-state index is 0.184. The monoisotopic (exact) mass is 307 g/mol. The Hall–Kier alpha value is -2.73. The average molecular weight is 307 g/mol. The van der Waals surface area contributed by atoms with E-state index in [-0.39, 0.29) is 5.97 Å². The molecule has 3 heteroatoms. The highest BCUT2D eigenvalue weighted by atomic mass is 16.5. The fourth-order valence-corrected chi connectivity index (χ4v) is 2.12. The van der Waals surface area contributed by atoms with Crippen LogP contribution in [0.15, 0.2) is 42.5 Å². The first kappa shape index (κ1) is 16.6. The highest BCUT2D eigenvalue weighted by Gasteiger charge is 2.04. The molecule has 0 radical (unpaired) electrons. The van der Waals surface area contributed by atoms with Gasteiger partial charge >= 0.3 is 5.97 Å². The Balaban J connectivity index is 2.11. The molecule has 0 saturated heterocycles. The molecule has 118 valence electrons. The molecule has 2 N–H and O–H groups in total. The van der Waals surface area contributed by atoms with Gasteiger partial charge in [0.2, 0.25) is 0 Å². The van der Waals surface area contributed by atoms with Crippen molar-refractivity contribution in [2.75, 3.05) is 12.3 Å². The van der Waals surface area contributed by atoms with Crippen molar-refractivity contribution in [1.29, 1.82) is 0 Å². The molecule has 2 aromatic rings. The van der Waals surface area contributed by atoms with Crippen LogP contribution < -0.4 is 5.73 Å². The Morgan fingerprint density at radius 3 is 2.57 bits per heavy atom. The van der Waals surface area contributed by atoms with Crippen LogP contribution in [0.2, 0.25) is 0 Å². The van der Waals surface area contributed by atoms with Crippen LogP contribution in [-0.4, -0.2) is 12.6 Å². The summed E-state index contributed by atoms with van der Waals surface area (Å²) in [4.78, 5) is 11.4. The first-order valence-corrected chi connectivity index (χ1v) is 7.71. The van der Waals surface area contributed by atoms with Crippen LogP contribution in [0.5, 0.6) is 0 Å². The number of benzene rings is 2. The number of rotatable bonds is 4. The Morgan fingerprint density at radius 2 is 1.87 bits per heavy atom. The van der Waals surface area contributed by atoms with Crippen molar-refractivity contribution in [3.63, 3.8) is 0 Å². The van der Waals surface area contributed by atoms with Gasteiger partial charge in [0.25, 0.3) is 0 Å². The van der Waals surface area contributed by atoms with Crippen molar-refractivity contribution in [1.82, 2.24) is 0 Å². The normalized spacial score (nSPS) is 9.83. The van der Waals surface area contributed by atoms with Crippen LogP contribution in [0.4, 0.5) is 5.69 Å². The van der Waals surface area contributed by atoms with Gasteiger partial charge in [-0.15, -0.1) is 0 Å². The average Bonchev–Trinajstić information content (AvgIpc) is 2.54. The zero-order valence-corrected chi connectivity index (χ0v) is 13.6. The summed E-state index contributed by atoms with van der Waals surface area (Å²) in [6.07, 6.45) is 0.987. The second-order valence-corrected chi connectivity index (χ2v) is 5.34. The van der Waals surface area contributed by atoms with Crippen LogP contribution in [0, 0.1) is 18.8 Å². The van der Waals surface area contributed by atoms with E-state index in [1.165, 1.54) is 5.56 Å². The maximum absolute atomic E-state index is 11.4. The molecule has 2 rings (SSSR count). The van der Waals surface area contributed by atoms with E-state index in [0.29, 0.717) is 25.1 Å². The van der Waals surface area contributed by atoms with Crippen LogP contribution in [-0.2, 0) is 16.0 Å². The minimum Gasteiger partial charge on any atom is -0.466 e. The third-order valence-electron chi connectivity index (χ3n) is 3.43. The largest absolute Gasteiger partial charge is 0.466 e. The molecule has 0 aliphatic heterocycles. The highest BCUT2D eigenvalue weighted by Crippen LogP contribution is 2.15. The fraction of sp³-hybridized carbons (Fsp3) is 0.250. The Morgan fingerprint density at radius 1 is 1.13 bits per heavy atom. The fourth-order valence-electron chi connectivity index (χ4n) is 2.12. The maximum atomic E-state index is 11.4. The number of ether oxygens (including phenoxy) is 1. The lowest BCUT2D eigenvalue weighted by Gasteiger charge is -2.05. The van der Waals surface area contributed by atoms with Crippen molar-refractivity contribution in [2.45, 2.75) is 26.7 Å². The molecule has 3 nitrogen and oxygen atoms in total. The van der Waals surface area contributed by atoms with E-state index in [0.717, 1.165) is 16.7 Å². The van der Waals surface area contributed by atoms with Crippen molar-refractivity contribution in [3.8, 4) is 11.8 Å². The number of anilines is 1. The Labute approximate surface area is 137 Å². The van der Waals surface area contributed by atoms with Crippen molar-refractivity contribution in [3.05, 3.63) is 64.7 Å². The topological polar surface area (TPSA) is 52.3 Å². The molecule has 2 aromatic carbocycles. The molecule has 0 heterocycles. The van der Waals surface area contributed by atoms with Crippen molar-refractivity contribution in [2.24, 2.45) is 0 Å². The SMILES string of the molecule is CCOC(=O)CCc1ccc(N)c(C#Cc2ccc(C)cc2)c1. The van der Waals surface area contributed by atoms with Gasteiger partial charge < -0.3 is 10.5 Å². The molecule has 0 unspecified atom stereocenters. The van der Waals surface area contributed by atoms with Crippen LogP contribution in [0.3, 0.4) is 0 Å². The van der Waals surface area contributed by atoms with E-state index in [1.807, 2.05) is 49.4 Å². The molecular weight excluding hydrogens is 286 g/mol. The van der Waals surface area contributed by atoms with Crippen LogP contribution in [0.1, 0.15) is 35.6 Å². The number of hydrogen-bond acceptors (Lipinski definition) is 3. The molecule has 0 aromatic heterocycles. The van der Waals surface area contributed by atoms with E-state index < -0.39 is 0 Å². The van der Waals surface area contributed by atoms with Gasteiger partial charge in [-0.25, -0.2) is 0 Å². The Kier molecular flexibility index (Phi) is 5.82. The van der Waals surface area contributed by atoms with Crippen molar-refractivity contribution < 1.29 is 9.53 Å². The molecule has 0 amide bonds. The lowest BCUT2D eigenvalue weighted by molar-refractivity contribution is -0.143. The maximum Gasteiger partial charge on any atom is 0.306 e. The number of aryl methyl sites for hydroxylation is 2. The molecule has 0 atom stereocenters. The lowest BCUT2D eigenvalue weighted by Crippen LogP contribution is -2.05. The third kappa shape index (κ3) is 5.19. The van der Waals surface area contributed by atoms with Gasteiger partial charge in [-0.2, -0.15) is 0 Å². The summed E-state index contributed by atoms with van der Waals surface area (Å²) >= 11 is 0. The molecule has 23 heavy (non-hydrogen) atoms. The van der Waals surface area contributed by atoms with E-state index >= 15 is 0 Å². The summed E-state index contributed by atoms with van der Waals surface area (Å²) in [6.45, 7) is 4.26. The Bertz CT molecular complexity index is 736.